The fourth-order valence-corrected chi connectivity index (χ4v) is 2.72. The zero-order valence-electron chi connectivity index (χ0n) is 19.1. The maximum atomic E-state index is 12.7. The lowest BCUT2D eigenvalue weighted by Crippen LogP contribution is -2.45. The highest BCUT2D eigenvalue weighted by atomic mass is 19.4. The number of carbonyl (C=O) groups excluding carboxylic acids is 1. The van der Waals surface area contributed by atoms with Gasteiger partial charge in [0.05, 0.1) is 19.3 Å². The van der Waals surface area contributed by atoms with E-state index in [1.54, 1.807) is 39.0 Å². The number of rotatable bonds is 9. The van der Waals surface area contributed by atoms with Crippen LogP contribution in [0, 0.1) is 0 Å². The summed E-state index contributed by atoms with van der Waals surface area (Å²) in [6.45, 7) is 5.10. The normalized spacial score (nSPS) is 12.9. The third-order valence-electron chi connectivity index (χ3n) is 4.35. The van der Waals surface area contributed by atoms with Crippen molar-refractivity contribution in [2.45, 2.75) is 38.8 Å². The molecule has 0 heterocycles. The van der Waals surface area contributed by atoms with Crippen molar-refractivity contribution in [3.63, 3.8) is 0 Å². The molecule has 2 N–H and O–H groups in total. The molecule has 2 aromatic carbocycles. The molecule has 0 aliphatic heterocycles. The number of halogens is 3. The minimum Gasteiger partial charge on any atom is -0.496 e. The second kappa shape index (κ2) is 11.1. The lowest BCUT2D eigenvalue weighted by molar-refractivity contribution is -0.274. The number of benzene rings is 2. The van der Waals surface area contributed by atoms with Crippen molar-refractivity contribution in [1.82, 2.24) is 5.32 Å². The lowest BCUT2D eigenvalue weighted by Gasteiger charge is -2.23. The first kappa shape index (κ1) is 26.7. The van der Waals surface area contributed by atoms with Crippen molar-refractivity contribution in [3.05, 3.63) is 59.2 Å². The highest BCUT2D eigenvalue weighted by molar-refractivity contribution is 5.97. The number of carboxylic acids is 1. The molecule has 184 valence electrons. The molecule has 0 saturated carbocycles. The molecular weight excluding hydrogens is 455 g/mol. The van der Waals surface area contributed by atoms with E-state index in [9.17, 15) is 27.9 Å². The van der Waals surface area contributed by atoms with Crippen molar-refractivity contribution in [3.8, 4) is 11.5 Å². The first-order valence-electron chi connectivity index (χ1n) is 10.2. The number of hydrogen-bond donors (Lipinski definition) is 2. The molecule has 0 unspecified atom stereocenters. The van der Waals surface area contributed by atoms with Gasteiger partial charge in [0, 0.05) is 11.1 Å². The Kier molecular flexibility index (Phi) is 8.69. The Balaban J connectivity index is 2.18. The van der Waals surface area contributed by atoms with Crippen LogP contribution in [-0.2, 0) is 9.53 Å². The van der Waals surface area contributed by atoms with Crippen molar-refractivity contribution in [2.24, 2.45) is 0 Å². The van der Waals surface area contributed by atoms with E-state index < -0.39 is 29.9 Å². The average Bonchev–Trinajstić information content (AvgIpc) is 2.73. The van der Waals surface area contributed by atoms with Gasteiger partial charge in [0.2, 0.25) is 0 Å². The highest BCUT2D eigenvalue weighted by Crippen LogP contribution is 2.25. The molecule has 0 bridgehead atoms. The van der Waals surface area contributed by atoms with Gasteiger partial charge in [-0.2, -0.15) is 0 Å². The molecule has 10 heteroatoms. The summed E-state index contributed by atoms with van der Waals surface area (Å²) in [5, 5.41) is 11.8. The molecule has 1 amide bonds. The molecule has 2 aromatic rings. The Morgan fingerprint density at radius 1 is 1.06 bits per heavy atom. The van der Waals surface area contributed by atoms with Gasteiger partial charge in [0.15, 0.2) is 6.04 Å². The van der Waals surface area contributed by atoms with Crippen LogP contribution >= 0.6 is 0 Å². The van der Waals surface area contributed by atoms with Gasteiger partial charge in [-0.15, -0.1) is 13.2 Å². The molecule has 34 heavy (non-hydrogen) atoms. The molecule has 0 fully saturated rings. The monoisotopic (exact) mass is 481 g/mol. The van der Waals surface area contributed by atoms with Gasteiger partial charge in [-0.1, -0.05) is 24.3 Å². The molecule has 0 radical (unpaired) electrons. The summed E-state index contributed by atoms with van der Waals surface area (Å²) < 4.78 is 51.5. The fourth-order valence-electron chi connectivity index (χ4n) is 2.72. The van der Waals surface area contributed by atoms with Gasteiger partial charge in [-0.05, 0) is 56.7 Å². The zero-order valence-corrected chi connectivity index (χ0v) is 19.1. The van der Waals surface area contributed by atoms with Gasteiger partial charge in [0.1, 0.15) is 11.5 Å². The molecule has 0 aliphatic rings. The van der Waals surface area contributed by atoms with Crippen LogP contribution in [0.5, 0.6) is 11.5 Å². The van der Waals surface area contributed by atoms with Crippen LogP contribution in [-0.4, -0.2) is 48.7 Å². The number of aliphatic carboxylic acids is 1. The SMILES string of the molecule is COc1ccc(C(=O)N[C@@H](COC(C)(C)C)C(=O)O)cc1/C=C/c1ccc(OC(F)(F)F)cc1. The second-order valence-electron chi connectivity index (χ2n) is 8.19. The van der Waals surface area contributed by atoms with Gasteiger partial charge in [-0.3, -0.25) is 4.79 Å². The summed E-state index contributed by atoms with van der Waals surface area (Å²) in [5.74, 6) is -1.75. The van der Waals surface area contributed by atoms with E-state index in [1.807, 2.05) is 0 Å². The number of alkyl halides is 3. The number of nitrogens with one attached hydrogen (secondary N) is 1. The van der Waals surface area contributed by atoms with E-state index in [4.69, 9.17) is 9.47 Å². The van der Waals surface area contributed by atoms with E-state index in [0.717, 1.165) is 0 Å². The van der Waals surface area contributed by atoms with Gasteiger partial charge in [0.25, 0.3) is 5.91 Å². The molecular formula is C24H26F3NO6. The van der Waals surface area contributed by atoms with Crippen molar-refractivity contribution in [1.29, 1.82) is 0 Å². The number of carbonyl (C=O) groups is 2. The molecule has 2 rings (SSSR count). The summed E-state index contributed by atoms with van der Waals surface area (Å²) in [4.78, 5) is 24.2. The van der Waals surface area contributed by atoms with Crippen LogP contribution in [0.25, 0.3) is 12.2 Å². The van der Waals surface area contributed by atoms with Crippen LogP contribution in [0.4, 0.5) is 13.2 Å². The molecule has 0 saturated heterocycles. The van der Waals surface area contributed by atoms with Crippen LogP contribution < -0.4 is 14.8 Å². The molecule has 0 aliphatic carbocycles. The summed E-state index contributed by atoms with van der Waals surface area (Å²) in [6.07, 6.45) is -1.54. The quantitative estimate of drug-likeness (QED) is 0.502. The average molecular weight is 481 g/mol. The van der Waals surface area contributed by atoms with Crippen LogP contribution in [0.2, 0.25) is 0 Å². The van der Waals surface area contributed by atoms with Gasteiger partial charge < -0.3 is 24.6 Å². The molecule has 0 aromatic heterocycles. The second-order valence-corrected chi connectivity index (χ2v) is 8.19. The lowest BCUT2D eigenvalue weighted by atomic mass is 10.1. The van der Waals surface area contributed by atoms with E-state index in [-0.39, 0.29) is 17.9 Å². The van der Waals surface area contributed by atoms with Crippen LogP contribution in [0.3, 0.4) is 0 Å². The number of methoxy groups -OCH3 is 1. The van der Waals surface area contributed by atoms with E-state index in [0.29, 0.717) is 16.9 Å². The Hall–Kier alpha value is -3.53. The number of carboxylic acid groups (broad SMARTS) is 1. The minimum atomic E-state index is -4.77. The Bertz CT molecular complexity index is 1030. The Morgan fingerprint density at radius 2 is 1.71 bits per heavy atom. The predicted octanol–water partition coefficient (Wildman–Crippen LogP) is 4.76. The maximum absolute atomic E-state index is 12.7. The first-order chi connectivity index (χ1) is 15.8. The minimum absolute atomic E-state index is 0.191. The number of amides is 1. The van der Waals surface area contributed by atoms with Crippen molar-refractivity contribution in [2.75, 3.05) is 13.7 Å². The third kappa shape index (κ3) is 8.78. The molecule has 0 spiro atoms. The topological polar surface area (TPSA) is 94.1 Å². The Morgan fingerprint density at radius 3 is 2.24 bits per heavy atom. The number of hydrogen-bond acceptors (Lipinski definition) is 5. The smallest absolute Gasteiger partial charge is 0.496 e. The summed E-state index contributed by atoms with van der Waals surface area (Å²) >= 11 is 0. The van der Waals surface area contributed by atoms with E-state index in [1.165, 1.54) is 43.5 Å². The summed E-state index contributed by atoms with van der Waals surface area (Å²) in [6, 6.07) is 8.54. The standard InChI is InChI=1S/C24H26F3NO6/c1-23(2,3)33-14-19(22(30)31)28-21(29)17-9-12-20(32-4)16(13-17)8-5-15-6-10-18(11-7-15)34-24(25,26)27/h5-13,19H,14H2,1-4H3,(H,28,29)(H,30,31)/b8-5+/t19-/m0/s1. The van der Waals surface area contributed by atoms with Gasteiger partial charge >= 0.3 is 12.3 Å². The van der Waals surface area contributed by atoms with Crippen LogP contribution in [0.1, 0.15) is 42.3 Å². The maximum Gasteiger partial charge on any atom is 0.573 e. The largest absolute Gasteiger partial charge is 0.573 e. The predicted molar refractivity (Wildman–Crippen MR) is 120 cm³/mol. The molecule has 1 atom stereocenters. The third-order valence-corrected chi connectivity index (χ3v) is 4.35. The van der Waals surface area contributed by atoms with Gasteiger partial charge in [-0.25, -0.2) is 4.79 Å². The summed E-state index contributed by atoms with van der Waals surface area (Å²) in [7, 11) is 1.44. The van der Waals surface area contributed by atoms with E-state index >= 15 is 0 Å². The Labute approximate surface area is 195 Å². The van der Waals surface area contributed by atoms with Crippen molar-refractivity contribution < 1.29 is 42.1 Å². The fraction of sp³-hybridized carbons (Fsp3) is 0.333. The van der Waals surface area contributed by atoms with Crippen LogP contribution in [0.15, 0.2) is 42.5 Å². The zero-order chi connectivity index (χ0) is 25.5. The number of ether oxygens (including phenoxy) is 3. The van der Waals surface area contributed by atoms with Crippen molar-refractivity contribution >= 4 is 24.0 Å². The highest BCUT2D eigenvalue weighted by Gasteiger charge is 2.31. The molecule has 7 nitrogen and oxygen atoms in total. The summed E-state index contributed by atoms with van der Waals surface area (Å²) in [5.41, 5.74) is 0.699. The first-order valence-corrected chi connectivity index (χ1v) is 10.2. The van der Waals surface area contributed by atoms with E-state index in [2.05, 4.69) is 10.1 Å².